The van der Waals surface area contributed by atoms with Gasteiger partial charge in [0.05, 0.1) is 6.04 Å². The number of nitrogens with zero attached hydrogens (tertiary/aromatic N) is 1. The molecule has 2 aromatic rings. The minimum Gasteiger partial charge on any atom is -0.466 e. The minimum absolute atomic E-state index is 0.00516. The molecule has 4 rings (SSSR count). The summed E-state index contributed by atoms with van der Waals surface area (Å²) in [5, 5.41) is 0.648. The molecule has 0 unspecified atom stereocenters. The van der Waals surface area contributed by atoms with Gasteiger partial charge in [-0.05, 0) is 37.3 Å². The molecule has 5 heteroatoms. The van der Waals surface area contributed by atoms with Crippen molar-refractivity contribution in [1.29, 1.82) is 0 Å². The first-order valence-electron chi connectivity index (χ1n) is 6.64. The van der Waals surface area contributed by atoms with Crippen molar-refractivity contribution in [2.24, 2.45) is 0 Å². The predicted octanol–water partition coefficient (Wildman–Crippen LogP) is 4.71. The van der Waals surface area contributed by atoms with Gasteiger partial charge in [-0.25, -0.2) is 0 Å². The third-order valence-corrected chi connectivity index (χ3v) is 4.81. The topological polar surface area (TPSA) is 29.5 Å². The molecular weight excluding hydrogens is 354 g/mol. The van der Waals surface area contributed by atoms with Gasteiger partial charge in [0.25, 0.3) is 5.91 Å². The fourth-order valence-corrected chi connectivity index (χ4v) is 3.59. The normalized spacial score (nSPS) is 22.4. The summed E-state index contributed by atoms with van der Waals surface area (Å²) >= 11 is 9.48. The lowest BCUT2D eigenvalue weighted by molar-refractivity contribution is -0.00180. The number of hydrogen-bond donors (Lipinski definition) is 0. The first kappa shape index (κ1) is 13.2. The van der Waals surface area contributed by atoms with E-state index < -0.39 is 0 Å². The lowest BCUT2D eigenvalue weighted by atomic mass is 10.0. The SMILES string of the molecule is C[C@@H]1c2cc(Cl)ccc2O[C@@H]2c3ccc(Br)cc3C(=O)N12. The van der Waals surface area contributed by atoms with Gasteiger partial charge in [0, 0.05) is 26.2 Å². The Balaban J connectivity index is 1.88. The summed E-state index contributed by atoms with van der Waals surface area (Å²) in [4.78, 5) is 14.5. The largest absolute Gasteiger partial charge is 0.466 e. The molecule has 106 valence electrons. The van der Waals surface area contributed by atoms with E-state index in [4.69, 9.17) is 16.3 Å². The summed E-state index contributed by atoms with van der Waals surface area (Å²) in [6.07, 6.45) is -0.357. The van der Waals surface area contributed by atoms with Gasteiger partial charge in [-0.1, -0.05) is 33.6 Å². The molecule has 2 heterocycles. The predicted molar refractivity (Wildman–Crippen MR) is 83.5 cm³/mol. The Hall–Kier alpha value is -1.52. The summed E-state index contributed by atoms with van der Waals surface area (Å²) in [6.45, 7) is 2.00. The number of benzene rings is 2. The van der Waals surface area contributed by atoms with Crippen LogP contribution in [0.25, 0.3) is 0 Å². The lowest BCUT2D eigenvalue weighted by Gasteiger charge is -2.37. The standard InChI is InChI=1S/C16H11BrClNO2/c1-8-12-7-10(18)3-5-14(12)21-16-11-4-2-9(17)6-13(11)15(20)19(8)16/h2-8,16H,1H3/t8-,16-/m1/s1. The van der Waals surface area contributed by atoms with Gasteiger partial charge in [0.2, 0.25) is 6.23 Å². The number of fused-ring (bicyclic) bond motifs is 4. The maximum atomic E-state index is 12.7. The van der Waals surface area contributed by atoms with Crippen LogP contribution < -0.4 is 4.74 Å². The molecule has 0 bridgehead atoms. The van der Waals surface area contributed by atoms with E-state index in [9.17, 15) is 4.79 Å². The molecule has 0 radical (unpaired) electrons. The average molecular weight is 365 g/mol. The molecule has 0 spiro atoms. The summed E-state index contributed by atoms with van der Waals surface area (Å²) in [5.41, 5.74) is 2.55. The van der Waals surface area contributed by atoms with Crippen molar-refractivity contribution < 1.29 is 9.53 Å². The van der Waals surface area contributed by atoms with Crippen LogP contribution in [-0.2, 0) is 0 Å². The third-order valence-electron chi connectivity index (χ3n) is 4.08. The molecule has 0 saturated heterocycles. The Kier molecular flexibility index (Phi) is 2.81. The molecular formula is C16H11BrClNO2. The van der Waals surface area contributed by atoms with E-state index in [1.807, 2.05) is 43.3 Å². The molecule has 2 atom stereocenters. The van der Waals surface area contributed by atoms with Crippen molar-refractivity contribution in [2.75, 3.05) is 0 Å². The van der Waals surface area contributed by atoms with Crippen molar-refractivity contribution in [2.45, 2.75) is 19.2 Å². The molecule has 0 aromatic heterocycles. The first-order chi connectivity index (χ1) is 10.1. The van der Waals surface area contributed by atoms with E-state index in [0.29, 0.717) is 10.6 Å². The molecule has 2 aromatic carbocycles. The van der Waals surface area contributed by atoms with Gasteiger partial charge >= 0.3 is 0 Å². The zero-order chi connectivity index (χ0) is 14.7. The summed E-state index contributed by atoms with van der Waals surface area (Å²) in [6, 6.07) is 11.2. The molecule has 0 aliphatic carbocycles. The number of halogens is 2. The van der Waals surface area contributed by atoms with Gasteiger partial charge in [-0.15, -0.1) is 0 Å². The first-order valence-corrected chi connectivity index (χ1v) is 7.81. The molecule has 0 fully saturated rings. The number of hydrogen-bond acceptors (Lipinski definition) is 2. The van der Waals surface area contributed by atoms with Crippen molar-refractivity contribution >= 4 is 33.4 Å². The second kappa shape index (κ2) is 4.49. The van der Waals surface area contributed by atoms with Crippen LogP contribution in [0.5, 0.6) is 5.75 Å². The van der Waals surface area contributed by atoms with Gasteiger partial charge in [-0.3, -0.25) is 9.69 Å². The van der Waals surface area contributed by atoms with E-state index >= 15 is 0 Å². The smallest absolute Gasteiger partial charge is 0.258 e. The molecule has 2 aliphatic rings. The van der Waals surface area contributed by atoms with Crippen LogP contribution in [0.1, 0.15) is 40.7 Å². The second-order valence-corrected chi connectivity index (χ2v) is 6.62. The van der Waals surface area contributed by atoms with Crippen LogP contribution >= 0.6 is 27.5 Å². The fraction of sp³-hybridized carbons (Fsp3) is 0.188. The lowest BCUT2D eigenvalue weighted by Crippen LogP contribution is -2.37. The summed E-state index contributed by atoms with van der Waals surface area (Å²) in [5.74, 6) is 0.783. The average Bonchev–Trinajstić information content (AvgIpc) is 2.73. The van der Waals surface area contributed by atoms with E-state index in [1.54, 1.807) is 4.90 Å². The van der Waals surface area contributed by atoms with Gasteiger partial charge in [0.1, 0.15) is 5.75 Å². The van der Waals surface area contributed by atoms with Crippen molar-refractivity contribution in [3.05, 3.63) is 62.6 Å². The van der Waals surface area contributed by atoms with Crippen LogP contribution in [-0.4, -0.2) is 10.8 Å². The van der Waals surface area contributed by atoms with Crippen LogP contribution in [0.15, 0.2) is 40.9 Å². The fourth-order valence-electron chi connectivity index (χ4n) is 3.05. The van der Waals surface area contributed by atoms with Crippen LogP contribution in [0.2, 0.25) is 5.02 Å². The zero-order valence-corrected chi connectivity index (χ0v) is 13.5. The third kappa shape index (κ3) is 1.82. The Labute approximate surface area is 135 Å². The van der Waals surface area contributed by atoms with Gasteiger partial charge in [0.15, 0.2) is 0 Å². The van der Waals surface area contributed by atoms with Gasteiger partial charge in [-0.2, -0.15) is 0 Å². The molecule has 0 saturated carbocycles. The summed E-state index contributed by atoms with van der Waals surface area (Å²) in [7, 11) is 0. The Morgan fingerprint density at radius 3 is 2.81 bits per heavy atom. The van der Waals surface area contributed by atoms with Crippen LogP contribution in [0, 0.1) is 0 Å². The number of carbonyl (C=O) groups is 1. The van der Waals surface area contributed by atoms with Crippen molar-refractivity contribution in [3.8, 4) is 5.75 Å². The maximum Gasteiger partial charge on any atom is 0.258 e. The van der Waals surface area contributed by atoms with Crippen LogP contribution in [0.4, 0.5) is 0 Å². The number of amides is 1. The highest BCUT2D eigenvalue weighted by molar-refractivity contribution is 9.10. The van der Waals surface area contributed by atoms with E-state index in [-0.39, 0.29) is 18.2 Å². The molecule has 1 amide bonds. The van der Waals surface area contributed by atoms with Crippen LogP contribution in [0.3, 0.4) is 0 Å². The van der Waals surface area contributed by atoms with E-state index in [1.165, 1.54) is 0 Å². The monoisotopic (exact) mass is 363 g/mol. The second-order valence-electron chi connectivity index (χ2n) is 5.27. The van der Waals surface area contributed by atoms with Crippen molar-refractivity contribution in [3.63, 3.8) is 0 Å². The number of rotatable bonds is 0. The van der Waals surface area contributed by atoms with Gasteiger partial charge < -0.3 is 4.74 Å². The molecule has 0 N–H and O–H groups in total. The van der Waals surface area contributed by atoms with Crippen molar-refractivity contribution in [1.82, 2.24) is 4.90 Å². The Bertz CT molecular complexity index is 777. The molecule has 2 aliphatic heterocycles. The molecule has 21 heavy (non-hydrogen) atoms. The van der Waals surface area contributed by atoms with E-state index in [2.05, 4.69) is 15.9 Å². The minimum atomic E-state index is -0.357. The highest BCUT2D eigenvalue weighted by Crippen LogP contribution is 2.48. The van der Waals surface area contributed by atoms with E-state index in [0.717, 1.165) is 21.3 Å². The quantitative estimate of drug-likeness (QED) is 0.677. The Morgan fingerprint density at radius 1 is 1.19 bits per heavy atom. The maximum absolute atomic E-state index is 12.7. The highest BCUT2D eigenvalue weighted by atomic mass is 79.9. The molecule has 3 nitrogen and oxygen atoms in total. The number of ether oxygens (including phenoxy) is 1. The zero-order valence-electron chi connectivity index (χ0n) is 11.1. The summed E-state index contributed by atoms with van der Waals surface area (Å²) < 4.78 is 6.94. The Morgan fingerprint density at radius 2 is 2.00 bits per heavy atom. The highest BCUT2D eigenvalue weighted by Gasteiger charge is 2.45. The number of carbonyl (C=O) groups excluding carboxylic acids is 1.